The number of cyclic esters (lactones) is 1. The Bertz CT molecular complexity index is 1080. The van der Waals surface area contributed by atoms with E-state index in [1.165, 1.54) is 4.90 Å². The number of nitrogens with one attached hydrogen (secondary N) is 2. The van der Waals surface area contributed by atoms with Crippen molar-refractivity contribution in [3.63, 3.8) is 0 Å². The molecule has 2 aromatic rings. The Balaban J connectivity index is 1.62. The monoisotopic (exact) mass is 425 g/mol. The van der Waals surface area contributed by atoms with E-state index in [2.05, 4.69) is 10.6 Å². The third kappa shape index (κ3) is 3.76. The van der Waals surface area contributed by atoms with Crippen molar-refractivity contribution in [2.45, 2.75) is 19.9 Å². The smallest absolute Gasteiger partial charge is 0.338 e. The van der Waals surface area contributed by atoms with Gasteiger partial charge in [0, 0.05) is 10.7 Å². The number of hydrogen-bond donors (Lipinski definition) is 2. The van der Waals surface area contributed by atoms with E-state index in [4.69, 9.17) is 16.3 Å². The minimum atomic E-state index is -0.613. The fourth-order valence-electron chi connectivity index (χ4n) is 3.66. The molecule has 3 amide bonds. The van der Waals surface area contributed by atoms with Crippen LogP contribution in [-0.2, 0) is 14.3 Å². The molecule has 0 spiro atoms. The lowest BCUT2D eigenvalue weighted by molar-refractivity contribution is -0.136. The van der Waals surface area contributed by atoms with Crippen LogP contribution in [0, 0.1) is 13.8 Å². The predicted octanol–water partition coefficient (Wildman–Crippen LogP) is 3.47. The Labute approximate surface area is 178 Å². The molecular formula is C22H20ClN3O4. The topological polar surface area (TPSA) is 87.7 Å². The Kier molecular flexibility index (Phi) is 5.22. The van der Waals surface area contributed by atoms with Crippen molar-refractivity contribution in [1.82, 2.24) is 10.2 Å². The molecule has 2 heterocycles. The van der Waals surface area contributed by atoms with Crippen LogP contribution in [0.15, 0.2) is 53.7 Å². The first-order chi connectivity index (χ1) is 14.3. The molecule has 4 rings (SSSR count). The quantitative estimate of drug-likeness (QED) is 0.734. The summed E-state index contributed by atoms with van der Waals surface area (Å²) in [6, 6.07) is 11.4. The minimum absolute atomic E-state index is 0.0445. The number of hydrogen-bond acceptors (Lipinski definition) is 4. The van der Waals surface area contributed by atoms with Crippen LogP contribution in [0.3, 0.4) is 0 Å². The highest BCUT2D eigenvalue weighted by Crippen LogP contribution is 2.36. The molecule has 0 saturated heterocycles. The molecule has 2 aliphatic heterocycles. The number of benzene rings is 2. The van der Waals surface area contributed by atoms with Gasteiger partial charge >= 0.3 is 12.0 Å². The Morgan fingerprint density at radius 2 is 1.93 bits per heavy atom. The van der Waals surface area contributed by atoms with E-state index >= 15 is 0 Å². The highest BCUT2D eigenvalue weighted by Gasteiger charge is 2.43. The summed E-state index contributed by atoms with van der Waals surface area (Å²) in [6.45, 7) is 3.58. The lowest BCUT2D eigenvalue weighted by atomic mass is 9.91. The number of anilines is 1. The van der Waals surface area contributed by atoms with Gasteiger partial charge in [-0.3, -0.25) is 9.69 Å². The van der Waals surface area contributed by atoms with Gasteiger partial charge in [0.2, 0.25) is 5.91 Å². The number of nitrogens with zero attached hydrogens (tertiary/aromatic N) is 1. The van der Waals surface area contributed by atoms with Crippen molar-refractivity contribution in [3.05, 3.63) is 75.4 Å². The molecule has 7 nitrogen and oxygen atoms in total. The average Bonchev–Trinajstić information content (AvgIpc) is 3.09. The molecule has 1 unspecified atom stereocenters. The van der Waals surface area contributed by atoms with Gasteiger partial charge in [0.05, 0.1) is 17.3 Å². The van der Waals surface area contributed by atoms with Crippen LogP contribution < -0.4 is 10.6 Å². The van der Waals surface area contributed by atoms with E-state index in [0.717, 1.165) is 16.7 Å². The largest absolute Gasteiger partial charge is 0.456 e. The Morgan fingerprint density at radius 1 is 1.20 bits per heavy atom. The third-order valence-corrected chi connectivity index (χ3v) is 5.43. The molecule has 2 N–H and O–H groups in total. The van der Waals surface area contributed by atoms with Crippen molar-refractivity contribution in [3.8, 4) is 0 Å². The summed E-state index contributed by atoms with van der Waals surface area (Å²) in [5.41, 5.74) is 4.14. The number of ether oxygens (including phenoxy) is 1. The number of aryl methyl sites for hydroxylation is 2. The second kappa shape index (κ2) is 7.84. The lowest BCUT2D eigenvalue weighted by Crippen LogP contribution is -2.49. The Morgan fingerprint density at radius 3 is 2.67 bits per heavy atom. The predicted molar refractivity (Wildman–Crippen MR) is 112 cm³/mol. The van der Waals surface area contributed by atoms with Crippen LogP contribution in [0.25, 0.3) is 0 Å². The summed E-state index contributed by atoms with van der Waals surface area (Å²) in [5, 5.41) is 6.13. The van der Waals surface area contributed by atoms with E-state index < -0.39 is 23.9 Å². The van der Waals surface area contributed by atoms with Crippen LogP contribution in [-0.4, -0.2) is 36.0 Å². The molecule has 0 aromatic heterocycles. The van der Waals surface area contributed by atoms with Gasteiger partial charge in [-0.2, -0.15) is 0 Å². The van der Waals surface area contributed by atoms with Crippen molar-refractivity contribution in [1.29, 1.82) is 0 Å². The second-order valence-electron chi connectivity index (χ2n) is 7.32. The van der Waals surface area contributed by atoms with Crippen molar-refractivity contribution < 1.29 is 19.1 Å². The van der Waals surface area contributed by atoms with Gasteiger partial charge < -0.3 is 15.4 Å². The maximum Gasteiger partial charge on any atom is 0.338 e. The van der Waals surface area contributed by atoms with Crippen LogP contribution >= 0.6 is 11.6 Å². The number of halogens is 1. The zero-order chi connectivity index (χ0) is 21.4. The summed E-state index contributed by atoms with van der Waals surface area (Å²) in [6.07, 6.45) is 0. The molecule has 1 atom stereocenters. The third-order valence-electron chi connectivity index (χ3n) is 5.17. The van der Waals surface area contributed by atoms with Crippen molar-refractivity contribution in [2.24, 2.45) is 0 Å². The molecule has 0 radical (unpaired) electrons. The maximum absolute atomic E-state index is 12.9. The summed E-state index contributed by atoms with van der Waals surface area (Å²) in [5.74, 6) is -0.886. The van der Waals surface area contributed by atoms with Crippen LogP contribution in [0.1, 0.15) is 22.7 Å². The number of carbonyl (C=O) groups excluding carboxylic acids is 3. The van der Waals surface area contributed by atoms with Crippen LogP contribution in [0.2, 0.25) is 5.02 Å². The fourth-order valence-corrected chi connectivity index (χ4v) is 3.79. The minimum Gasteiger partial charge on any atom is -0.456 e. The summed E-state index contributed by atoms with van der Waals surface area (Å²) in [4.78, 5) is 39.1. The van der Waals surface area contributed by atoms with Crippen molar-refractivity contribution in [2.75, 3.05) is 18.5 Å². The van der Waals surface area contributed by atoms with Crippen LogP contribution in [0.4, 0.5) is 10.5 Å². The van der Waals surface area contributed by atoms with E-state index in [1.54, 1.807) is 24.3 Å². The van der Waals surface area contributed by atoms with Gasteiger partial charge in [-0.1, -0.05) is 35.4 Å². The summed E-state index contributed by atoms with van der Waals surface area (Å²) < 4.78 is 5.22. The molecule has 154 valence electrons. The molecule has 0 fully saturated rings. The van der Waals surface area contributed by atoms with E-state index in [-0.39, 0.29) is 13.2 Å². The molecular weight excluding hydrogens is 406 g/mol. The fraction of sp³-hybridized carbons (Fsp3) is 0.227. The van der Waals surface area contributed by atoms with E-state index in [9.17, 15) is 14.4 Å². The lowest BCUT2D eigenvalue weighted by Gasteiger charge is -2.33. The standard InChI is InChI=1S/C22H20ClN3O4/c1-12-3-4-13(2)16(9-12)20-19-17(11-30-21(19)28)26(22(29)25-20)10-18(27)24-15-7-5-14(23)6-8-15/h3-9,20H,10-11H2,1-2H3,(H,24,27)(H,25,29). The number of esters is 1. The highest BCUT2D eigenvalue weighted by atomic mass is 35.5. The van der Waals surface area contributed by atoms with E-state index in [1.807, 2.05) is 32.0 Å². The first-order valence-corrected chi connectivity index (χ1v) is 9.82. The first-order valence-electron chi connectivity index (χ1n) is 9.44. The second-order valence-corrected chi connectivity index (χ2v) is 7.76. The highest BCUT2D eigenvalue weighted by molar-refractivity contribution is 6.30. The Hall–Kier alpha value is -3.32. The van der Waals surface area contributed by atoms with Gasteiger partial charge in [-0.25, -0.2) is 9.59 Å². The molecule has 2 aliphatic rings. The average molecular weight is 426 g/mol. The molecule has 0 aliphatic carbocycles. The zero-order valence-corrected chi connectivity index (χ0v) is 17.2. The molecule has 0 saturated carbocycles. The number of urea groups is 1. The van der Waals surface area contributed by atoms with Gasteiger partial charge in [-0.15, -0.1) is 0 Å². The van der Waals surface area contributed by atoms with Gasteiger partial charge in [-0.05, 0) is 49.2 Å². The van der Waals surface area contributed by atoms with Crippen LogP contribution in [0.5, 0.6) is 0 Å². The van der Waals surface area contributed by atoms with Gasteiger partial charge in [0.15, 0.2) is 0 Å². The SMILES string of the molecule is Cc1ccc(C)c(C2NC(=O)N(CC(=O)Nc3ccc(Cl)cc3)C3=C2C(=O)OC3)c1. The molecule has 0 bridgehead atoms. The maximum atomic E-state index is 12.9. The molecule has 2 aromatic carbocycles. The number of rotatable bonds is 4. The van der Waals surface area contributed by atoms with Crippen molar-refractivity contribution >= 4 is 35.2 Å². The van der Waals surface area contributed by atoms with Gasteiger partial charge in [0.1, 0.15) is 13.2 Å². The molecule has 8 heteroatoms. The summed E-state index contributed by atoms with van der Waals surface area (Å²) >= 11 is 5.86. The van der Waals surface area contributed by atoms with Gasteiger partial charge in [0.25, 0.3) is 0 Å². The number of carbonyl (C=O) groups is 3. The first kappa shape index (κ1) is 20.0. The zero-order valence-electron chi connectivity index (χ0n) is 16.5. The van der Waals surface area contributed by atoms with E-state index in [0.29, 0.717) is 22.0 Å². The molecule has 30 heavy (non-hydrogen) atoms. The number of amides is 3. The normalized spacial score (nSPS) is 18.1. The summed E-state index contributed by atoms with van der Waals surface area (Å²) in [7, 11) is 0.